The van der Waals surface area contributed by atoms with Gasteiger partial charge in [0.1, 0.15) is 0 Å². The number of fused-ring (bicyclic) bond motifs is 1. The van der Waals surface area contributed by atoms with Crippen LogP contribution >= 0.6 is 22.6 Å². The fourth-order valence-electron chi connectivity index (χ4n) is 2.68. The minimum absolute atomic E-state index is 0.0459. The number of nitrogens with one attached hydrogen (secondary N) is 3. The first-order valence-electron chi connectivity index (χ1n) is 6.36. The Kier molecular flexibility index (Phi) is 3.25. The van der Waals surface area contributed by atoms with Crippen molar-refractivity contribution < 1.29 is 4.79 Å². The van der Waals surface area contributed by atoms with Gasteiger partial charge in [0, 0.05) is 34.0 Å². The molecule has 5 N–H and O–H groups in total. The van der Waals surface area contributed by atoms with Crippen molar-refractivity contribution in [3.05, 3.63) is 32.0 Å². The molecule has 6 nitrogen and oxygen atoms in total. The van der Waals surface area contributed by atoms with Gasteiger partial charge in [0.05, 0.1) is 11.4 Å². The summed E-state index contributed by atoms with van der Waals surface area (Å²) < 4.78 is 0.989. The largest absolute Gasteiger partial charge is 0.398 e. The summed E-state index contributed by atoms with van der Waals surface area (Å²) in [6, 6.07) is 1.94. The first kappa shape index (κ1) is 13.5. The van der Waals surface area contributed by atoms with Crippen molar-refractivity contribution in [1.82, 2.24) is 21.3 Å². The molecule has 2 heterocycles. The average Bonchev–Trinajstić information content (AvgIpc) is 2.75. The quantitative estimate of drug-likeness (QED) is 0.425. The van der Waals surface area contributed by atoms with Crippen LogP contribution in [0, 0.1) is 3.57 Å². The summed E-state index contributed by atoms with van der Waals surface area (Å²) in [6.45, 7) is 2.63. The van der Waals surface area contributed by atoms with Crippen LogP contribution in [0.3, 0.4) is 0 Å². The van der Waals surface area contributed by atoms with Gasteiger partial charge in [-0.3, -0.25) is 9.80 Å². The van der Waals surface area contributed by atoms with E-state index in [1.165, 1.54) is 0 Å². The highest BCUT2D eigenvalue weighted by atomic mass is 127. The number of carbonyl (C=O) groups excluding carboxylic acids is 1. The zero-order valence-corrected chi connectivity index (χ0v) is 13.5. The summed E-state index contributed by atoms with van der Waals surface area (Å²) in [5.74, 6) is -0.0459. The molecule has 20 heavy (non-hydrogen) atoms. The Bertz CT molecular complexity index is 640. The van der Waals surface area contributed by atoms with Crippen LogP contribution in [0.1, 0.15) is 28.4 Å². The second kappa shape index (κ2) is 4.81. The number of nitrogens with zero attached hydrogens (tertiary/aromatic N) is 1. The summed E-state index contributed by atoms with van der Waals surface area (Å²) in [5, 5.41) is 4.76. The first-order valence-corrected chi connectivity index (χ1v) is 7.44. The Morgan fingerprint density at radius 1 is 1.40 bits per heavy atom. The molecule has 0 saturated carbocycles. The van der Waals surface area contributed by atoms with Gasteiger partial charge in [-0.1, -0.05) is 0 Å². The van der Waals surface area contributed by atoms with E-state index in [0.717, 1.165) is 32.5 Å². The van der Waals surface area contributed by atoms with E-state index in [2.05, 4.69) is 38.9 Å². The molecule has 0 bridgehead atoms. The standard InChI is InChI=1S/C13H16IN5O/c1-6-12(19(2)18-17-6)9-5-8-7(11(15)10(9)14)3-4-16-13(8)20/h5,17-18H,3-4,15H2,1-2H3,(H,16,20). The summed E-state index contributed by atoms with van der Waals surface area (Å²) in [7, 11) is 1.92. The lowest BCUT2D eigenvalue weighted by Crippen LogP contribution is -2.35. The molecule has 0 aromatic heterocycles. The monoisotopic (exact) mass is 385 g/mol. The van der Waals surface area contributed by atoms with Crippen LogP contribution in [-0.2, 0) is 6.42 Å². The molecule has 1 amide bonds. The molecule has 1 aromatic rings. The molecule has 0 radical (unpaired) electrons. The first-order chi connectivity index (χ1) is 9.50. The Morgan fingerprint density at radius 3 is 2.80 bits per heavy atom. The molecule has 0 fully saturated rings. The molecule has 0 aliphatic carbocycles. The van der Waals surface area contributed by atoms with Gasteiger partial charge in [-0.2, -0.15) is 0 Å². The molecule has 0 unspecified atom stereocenters. The molecule has 1 aromatic carbocycles. The number of allylic oxidation sites excluding steroid dienone is 1. The number of hydrogen-bond donors (Lipinski definition) is 4. The van der Waals surface area contributed by atoms with Crippen molar-refractivity contribution in [1.29, 1.82) is 0 Å². The molecule has 2 aliphatic heterocycles. The zero-order valence-electron chi connectivity index (χ0n) is 11.3. The average molecular weight is 385 g/mol. The summed E-state index contributed by atoms with van der Waals surface area (Å²) in [5.41, 5.74) is 17.7. The van der Waals surface area contributed by atoms with Crippen molar-refractivity contribution in [3.8, 4) is 0 Å². The fourth-order valence-corrected chi connectivity index (χ4v) is 3.41. The van der Waals surface area contributed by atoms with Gasteiger partial charge >= 0.3 is 0 Å². The van der Waals surface area contributed by atoms with Crippen LogP contribution in [0.5, 0.6) is 0 Å². The fraction of sp³-hybridized carbons (Fsp3) is 0.308. The van der Waals surface area contributed by atoms with Gasteiger partial charge in [-0.25, -0.2) is 0 Å². The number of rotatable bonds is 1. The van der Waals surface area contributed by atoms with E-state index in [4.69, 9.17) is 5.73 Å². The van der Waals surface area contributed by atoms with Crippen LogP contribution in [-0.4, -0.2) is 24.5 Å². The number of anilines is 1. The Hall–Kier alpha value is -1.48. The van der Waals surface area contributed by atoms with E-state index in [9.17, 15) is 4.79 Å². The van der Waals surface area contributed by atoms with Gasteiger partial charge in [-0.05, 0) is 47.6 Å². The molecule has 2 aliphatic rings. The second-order valence-corrected chi connectivity index (χ2v) is 6.03. The summed E-state index contributed by atoms with van der Waals surface area (Å²) in [4.78, 5) is 12.0. The molecule has 0 atom stereocenters. The smallest absolute Gasteiger partial charge is 0.251 e. The maximum absolute atomic E-state index is 12.0. The topological polar surface area (TPSA) is 82.4 Å². The lowest BCUT2D eigenvalue weighted by Gasteiger charge is -2.23. The minimum Gasteiger partial charge on any atom is -0.398 e. The van der Waals surface area contributed by atoms with Gasteiger partial charge < -0.3 is 16.5 Å². The molecular formula is C13H16IN5O. The summed E-state index contributed by atoms with van der Waals surface area (Å²) in [6.07, 6.45) is 0.785. The Balaban J connectivity index is 2.23. The van der Waals surface area contributed by atoms with Crippen molar-refractivity contribution in [2.75, 3.05) is 19.3 Å². The van der Waals surface area contributed by atoms with E-state index in [-0.39, 0.29) is 5.91 Å². The lowest BCUT2D eigenvalue weighted by atomic mass is 9.94. The van der Waals surface area contributed by atoms with E-state index in [1.54, 1.807) is 0 Å². The highest BCUT2D eigenvalue weighted by Gasteiger charge is 2.27. The highest BCUT2D eigenvalue weighted by molar-refractivity contribution is 14.1. The second-order valence-electron chi connectivity index (χ2n) is 4.95. The van der Waals surface area contributed by atoms with Crippen molar-refractivity contribution in [2.45, 2.75) is 13.3 Å². The van der Waals surface area contributed by atoms with Crippen LogP contribution in [0.4, 0.5) is 5.69 Å². The zero-order chi connectivity index (χ0) is 14.4. The van der Waals surface area contributed by atoms with E-state index in [1.807, 2.05) is 25.0 Å². The SMILES string of the molecule is CC1=C(c2cc3c(c(N)c2I)CCNC3=O)N(C)NN1. The van der Waals surface area contributed by atoms with E-state index < -0.39 is 0 Å². The van der Waals surface area contributed by atoms with Gasteiger partial charge in [0.25, 0.3) is 5.91 Å². The number of nitrogens with two attached hydrogens (primary N) is 1. The maximum atomic E-state index is 12.0. The molecular weight excluding hydrogens is 369 g/mol. The molecule has 0 saturated heterocycles. The van der Waals surface area contributed by atoms with E-state index in [0.29, 0.717) is 17.8 Å². The third kappa shape index (κ3) is 1.92. The highest BCUT2D eigenvalue weighted by Crippen LogP contribution is 2.35. The van der Waals surface area contributed by atoms with Crippen LogP contribution < -0.4 is 22.0 Å². The number of hydrazine groups is 2. The van der Waals surface area contributed by atoms with Gasteiger partial charge in [-0.15, -0.1) is 5.53 Å². The van der Waals surface area contributed by atoms with E-state index >= 15 is 0 Å². The maximum Gasteiger partial charge on any atom is 0.251 e. The summed E-state index contributed by atoms with van der Waals surface area (Å²) >= 11 is 2.25. The van der Waals surface area contributed by atoms with Crippen LogP contribution in [0.25, 0.3) is 5.70 Å². The molecule has 0 spiro atoms. The number of amides is 1. The Labute approximate surface area is 130 Å². The predicted molar refractivity (Wildman–Crippen MR) is 86.2 cm³/mol. The number of nitrogen functional groups attached to an aromatic ring is 1. The van der Waals surface area contributed by atoms with Crippen LogP contribution in [0.15, 0.2) is 11.8 Å². The third-order valence-electron chi connectivity index (χ3n) is 3.67. The van der Waals surface area contributed by atoms with Crippen LogP contribution in [0.2, 0.25) is 0 Å². The molecule has 7 heteroatoms. The number of benzene rings is 1. The molecule has 3 rings (SSSR count). The number of carbonyl (C=O) groups is 1. The number of hydrogen-bond acceptors (Lipinski definition) is 5. The number of halogens is 1. The normalized spacial score (nSPS) is 17.9. The Morgan fingerprint density at radius 2 is 2.15 bits per heavy atom. The third-order valence-corrected chi connectivity index (χ3v) is 4.84. The molecule has 106 valence electrons. The van der Waals surface area contributed by atoms with Crippen molar-refractivity contribution in [3.63, 3.8) is 0 Å². The minimum atomic E-state index is -0.0459. The predicted octanol–water partition coefficient (Wildman–Crippen LogP) is 0.802. The lowest BCUT2D eigenvalue weighted by molar-refractivity contribution is 0.0946. The van der Waals surface area contributed by atoms with Gasteiger partial charge in [0.15, 0.2) is 0 Å². The van der Waals surface area contributed by atoms with Gasteiger partial charge in [0.2, 0.25) is 0 Å². The van der Waals surface area contributed by atoms with Crippen molar-refractivity contribution in [2.24, 2.45) is 0 Å². The van der Waals surface area contributed by atoms with Crippen molar-refractivity contribution >= 4 is 39.9 Å².